The third-order valence-electron chi connectivity index (χ3n) is 5.75. The van der Waals surface area contributed by atoms with E-state index in [2.05, 4.69) is 0 Å². The highest BCUT2D eigenvalue weighted by atomic mass is 35.5. The maximum atomic E-state index is 10.7. The van der Waals surface area contributed by atoms with Crippen LogP contribution in [0.15, 0.2) is 52.4 Å². The van der Waals surface area contributed by atoms with Crippen molar-refractivity contribution < 1.29 is 30.3 Å². The van der Waals surface area contributed by atoms with Crippen LogP contribution in [0.5, 0.6) is 0 Å². The number of benzene rings is 2. The highest BCUT2D eigenvalue weighted by Gasteiger charge is 2.44. The summed E-state index contributed by atoms with van der Waals surface area (Å²) < 4.78 is 7.48. The topological polar surface area (TPSA) is 115 Å². The van der Waals surface area contributed by atoms with Gasteiger partial charge in [-0.1, -0.05) is 35.5 Å². The number of halogens is 1. The molecule has 5 N–H and O–H groups in total. The zero-order valence-corrected chi connectivity index (χ0v) is 19.0. The van der Waals surface area contributed by atoms with E-state index < -0.39 is 37.3 Å². The number of nitrogens with zero attached hydrogens (tertiary/aromatic N) is 1. The Morgan fingerprint density at radius 2 is 1.75 bits per heavy atom. The van der Waals surface area contributed by atoms with E-state index in [0.29, 0.717) is 17.0 Å². The Kier molecular flexibility index (Phi) is 7.14. The smallest absolute Gasteiger partial charge is 0.163 e. The third-order valence-corrected chi connectivity index (χ3v) is 7.01. The average Bonchev–Trinajstić information content (AvgIpc) is 3.12. The van der Waals surface area contributed by atoms with Gasteiger partial charge in [-0.3, -0.25) is 0 Å². The molecule has 2 aromatic carbocycles. The van der Waals surface area contributed by atoms with Gasteiger partial charge in [0.1, 0.15) is 24.4 Å². The van der Waals surface area contributed by atoms with Gasteiger partial charge in [-0.15, -0.1) is 0 Å². The molecule has 0 amide bonds. The maximum Gasteiger partial charge on any atom is 0.163 e. The van der Waals surface area contributed by atoms with Gasteiger partial charge in [0.25, 0.3) is 0 Å². The van der Waals surface area contributed by atoms with Gasteiger partial charge in [0.2, 0.25) is 0 Å². The Bertz CT molecular complexity index is 1090. The van der Waals surface area contributed by atoms with Crippen LogP contribution in [0.2, 0.25) is 5.02 Å². The molecule has 32 heavy (non-hydrogen) atoms. The second-order valence-corrected chi connectivity index (χ2v) is 9.51. The molecule has 0 spiro atoms. The van der Waals surface area contributed by atoms with Gasteiger partial charge in [-0.05, 0) is 48.7 Å². The molecule has 1 saturated heterocycles. The number of ether oxygens (including phenoxy) is 1. The van der Waals surface area contributed by atoms with Crippen molar-refractivity contribution >= 4 is 34.3 Å². The van der Waals surface area contributed by atoms with E-state index in [1.165, 1.54) is 11.8 Å². The molecule has 1 fully saturated rings. The minimum Gasteiger partial charge on any atom is -0.396 e. The highest BCUT2D eigenvalue weighted by molar-refractivity contribution is 7.99. The van der Waals surface area contributed by atoms with E-state index in [4.69, 9.17) is 21.4 Å². The summed E-state index contributed by atoms with van der Waals surface area (Å²) in [5.74, 6) is 0. The summed E-state index contributed by atoms with van der Waals surface area (Å²) in [4.78, 5) is 1.90. The Labute approximate surface area is 194 Å². The van der Waals surface area contributed by atoms with Gasteiger partial charge in [0.15, 0.2) is 6.23 Å². The van der Waals surface area contributed by atoms with E-state index in [0.717, 1.165) is 26.3 Å². The third kappa shape index (κ3) is 4.42. The number of rotatable bonds is 6. The van der Waals surface area contributed by atoms with Gasteiger partial charge in [-0.2, -0.15) is 0 Å². The van der Waals surface area contributed by atoms with Crippen molar-refractivity contribution in [2.45, 2.75) is 53.8 Å². The lowest BCUT2D eigenvalue weighted by Crippen LogP contribution is -2.56. The fourth-order valence-corrected chi connectivity index (χ4v) is 5.42. The average molecular weight is 480 g/mol. The fraction of sp³-hybridized carbons (Fsp3) is 0.391. The molecule has 1 aromatic heterocycles. The summed E-state index contributed by atoms with van der Waals surface area (Å²) in [6.07, 6.45) is -3.91. The number of aliphatic hydroxyl groups excluding tert-OH is 5. The minimum absolute atomic E-state index is 0.0963. The van der Waals surface area contributed by atoms with Gasteiger partial charge in [0.05, 0.1) is 12.1 Å². The molecule has 0 radical (unpaired) electrons. The van der Waals surface area contributed by atoms with Crippen molar-refractivity contribution in [1.82, 2.24) is 4.57 Å². The van der Waals surface area contributed by atoms with Crippen LogP contribution in [-0.4, -0.2) is 67.7 Å². The van der Waals surface area contributed by atoms with E-state index in [1.807, 2.05) is 43.5 Å². The molecule has 0 unspecified atom stereocenters. The largest absolute Gasteiger partial charge is 0.396 e. The molecule has 7 nitrogen and oxygen atoms in total. The molecule has 0 bridgehead atoms. The number of aromatic nitrogens is 1. The quantitative estimate of drug-likeness (QED) is 0.368. The lowest BCUT2D eigenvalue weighted by Gasteiger charge is -2.40. The van der Waals surface area contributed by atoms with E-state index in [1.54, 1.807) is 10.6 Å². The molecule has 1 aliphatic heterocycles. The van der Waals surface area contributed by atoms with Crippen molar-refractivity contribution in [2.75, 3.05) is 13.2 Å². The van der Waals surface area contributed by atoms with E-state index in [-0.39, 0.29) is 6.61 Å². The first kappa shape index (κ1) is 23.5. The molecule has 2 heterocycles. The summed E-state index contributed by atoms with van der Waals surface area (Å²) in [6, 6.07) is 11.5. The molecular weight excluding hydrogens is 454 g/mol. The van der Waals surface area contributed by atoms with Crippen LogP contribution in [0.1, 0.15) is 17.4 Å². The van der Waals surface area contributed by atoms with Crippen molar-refractivity contribution in [2.24, 2.45) is 0 Å². The van der Waals surface area contributed by atoms with Crippen LogP contribution in [0.4, 0.5) is 0 Å². The predicted molar refractivity (Wildman–Crippen MR) is 122 cm³/mol. The molecule has 1 aliphatic rings. The standard InChI is InChI=1S/C23H26ClNO6S/c1-12-8-14(24)9-16-19(12)18(32-15-4-2-13(3-5-15)6-7-26)10-25(16)23-22(30)21(29)20(28)17(11-27)31-23/h2-5,8-10,17,20-23,26-30H,6-7,11H2,1H3/t17-,20-,21+,22-,23-/m1/s1. The number of aliphatic hydroxyl groups is 5. The minimum atomic E-state index is -1.47. The van der Waals surface area contributed by atoms with E-state index >= 15 is 0 Å². The lowest BCUT2D eigenvalue weighted by atomic mass is 9.98. The highest BCUT2D eigenvalue weighted by Crippen LogP contribution is 2.41. The van der Waals surface area contributed by atoms with Crippen LogP contribution in [0, 0.1) is 6.92 Å². The van der Waals surface area contributed by atoms with Gasteiger partial charge < -0.3 is 34.8 Å². The first-order valence-electron chi connectivity index (χ1n) is 10.3. The summed E-state index contributed by atoms with van der Waals surface area (Å²) >= 11 is 7.86. The van der Waals surface area contributed by atoms with Gasteiger partial charge in [0, 0.05) is 33.0 Å². The van der Waals surface area contributed by atoms with Crippen LogP contribution in [0.25, 0.3) is 10.9 Å². The van der Waals surface area contributed by atoms with Crippen molar-refractivity contribution in [3.05, 3.63) is 58.7 Å². The molecule has 0 aliphatic carbocycles. The maximum absolute atomic E-state index is 10.7. The Hall–Kier alpha value is -1.62. The Morgan fingerprint density at radius 3 is 2.41 bits per heavy atom. The summed E-state index contributed by atoms with van der Waals surface area (Å²) in [6.45, 7) is 1.54. The Balaban J connectivity index is 1.77. The second kappa shape index (κ2) is 9.70. The lowest BCUT2D eigenvalue weighted by molar-refractivity contribution is -0.250. The molecule has 4 rings (SSSR count). The predicted octanol–water partition coefficient (Wildman–Crippen LogP) is 2.26. The second-order valence-electron chi connectivity index (χ2n) is 7.96. The monoisotopic (exact) mass is 479 g/mol. The fourth-order valence-electron chi connectivity index (χ4n) is 4.09. The summed E-state index contributed by atoms with van der Waals surface area (Å²) in [5.41, 5.74) is 2.69. The van der Waals surface area contributed by atoms with Crippen LogP contribution in [0.3, 0.4) is 0 Å². The normalized spacial score (nSPS) is 26.0. The number of fused-ring (bicyclic) bond motifs is 1. The molecule has 5 atom stereocenters. The molecule has 172 valence electrons. The summed E-state index contributed by atoms with van der Waals surface area (Å²) in [5, 5.41) is 51.2. The van der Waals surface area contributed by atoms with Crippen LogP contribution in [-0.2, 0) is 11.2 Å². The number of aryl methyl sites for hydroxylation is 1. The van der Waals surface area contributed by atoms with Crippen molar-refractivity contribution in [3.63, 3.8) is 0 Å². The number of hydrogen-bond acceptors (Lipinski definition) is 7. The zero-order chi connectivity index (χ0) is 23.0. The van der Waals surface area contributed by atoms with Crippen LogP contribution >= 0.6 is 23.4 Å². The first-order chi connectivity index (χ1) is 15.3. The zero-order valence-electron chi connectivity index (χ0n) is 17.4. The van der Waals surface area contributed by atoms with Gasteiger partial charge >= 0.3 is 0 Å². The van der Waals surface area contributed by atoms with Crippen molar-refractivity contribution in [1.29, 1.82) is 0 Å². The van der Waals surface area contributed by atoms with Crippen LogP contribution < -0.4 is 0 Å². The van der Waals surface area contributed by atoms with Crippen molar-refractivity contribution in [3.8, 4) is 0 Å². The van der Waals surface area contributed by atoms with E-state index in [9.17, 15) is 20.4 Å². The first-order valence-corrected chi connectivity index (χ1v) is 11.5. The number of hydrogen-bond donors (Lipinski definition) is 5. The SMILES string of the molecule is Cc1cc(Cl)cc2c1c(Sc1ccc(CCO)cc1)cn2[C@@H]1O[C@H](CO)[C@@H](O)[C@H](O)[C@H]1O. The Morgan fingerprint density at radius 1 is 1.03 bits per heavy atom. The molecular formula is C23H26ClNO6S. The van der Waals surface area contributed by atoms with Gasteiger partial charge in [-0.25, -0.2) is 0 Å². The molecule has 9 heteroatoms. The molecule has 0 saturated carbocycles. The molecule has 3 aromatic rings. The summed E-state index contributed by atoms with van der Waals surface area (Å²) in [7, 11) is 0.